The summed E-state index contributed by atoms with van der Waals surface area (Å²) in [5, 5.41) is 8.46. The maximum Gasteiger partial charge on any atom is 0.328 e. The lowest BCUT2D eigenvalue weighted by atomic mass is 10.2. The fraction of sp³-hybridized carbons (Fsp3) is 0. The highest BCUT2D eigenvalue weighted by Gasteiger charge is 2.02. The second-order valence-corrected chi connectivity index (χ2v) is 3.12. The Labute approximate surface area is 91.9 Å². The monoisotopic (exact) mass is 215 g/mol. The van der Waals surface area contributed by atoms with Crippen molar-refractivity contribution in [3.63, 3.8) is 0 Å². The summed E-state index contributed by atoms with van der Waals surface area (Å²) in [6.45, 7) is 0. The Balaban J connectivity index is 2.23. The van der Waals surface area contributed by atoms with Gasteiger partial charge in [-0.2, -0.15) is 0 Å². The minimum Gasteiger partial charge on any atom is -0.478 e. The lowest BCUT2D eigenvalue weighted by Crippen LogP contribution is -1.84. The van der Waals surface area contributed by atoms with Crippen LogP contribution in [0.25, 0.3) is 17.4 Å². The zero-order chi connectivity index (χ0) is 11.4. The summed E-state index contributed by atoms with van der Waals surface area (Å²) in [5.41, 5.74) is 0.859. The van der Waals surface area contributed by atoms with Crippen LogP contribution in [0.3, 0.4) is 0 Å². The number of carbonyl (C=O) groups is 1. The minimum atomic E-state index is -1.00. The largest absolute Gasteiger partial charge is 0.478 e. The van der Waals surface area contributed by atoms with Gasteiger partial charge < -0.3 is 9.52 Å². The lowest BCUT2D eigenvalue weighted by molar-refractivity contribution is -0.131. The number of aliphatic carboxylic acids is 1. The van der Waals surface area contributed by atoms with Crippen molar-refractivity contribution in [3.8, 4) is 11.3 Å². The molecule has 4 heteroatoms. The van der Waals surface area contributed by atoms with Gasteiger partial charge in [-0.15, -0.1) is 0 Å². The van der Waals surface area contributed by atoms with E-state index in [1.807, 2.05) is 12.1 Å². The number of nitrogens with zero attached hydrogens (tertiary/aromatic N) is 1. The fourth-order valence-electron chi connectivity index (χ4n) is 1.26. The number of hydrogen-bond acceptors (Lipinski definition) is 3. The summed E-state index contributed by atoms with van der Waals surface area (Å²) in [5.74, 6) is 0.165. The van der Waals surface area contributed by atoms with Crippen molar-refractivity contribution >= 4 is 12.0 Å². The van der Waals surface area contributed by atoms with Gasteiger partial charge in [-0.1, -0.05) is 0 Å². The maximum atomic E-state index is 10.3. The predicted molar refractivity (Wildman–Crippen MR) is 58.6 cm³/mol. The molecule has 2 heterocycles. The molecule has 2 aromatic rings. The number of carboxylic acid groups (broad SMARTS) is 1. The fourth-order valence-corrected chi connectivity index (χ4v) is 1.26. The summed E-state index contributed by atoms with van der Waals surface area (Å²) in [7, 11) is 0. The molecule has 80 valence electrons. The summed E-state index contributed by atoms with van der Waals surface area (Å²) >= 11 is 0. The van der Waals surface area contributed by atoms with Crippen molar-refractivity contribution in [2.45, 2.75) is 0 Å². The van der Waals surface area contributed by atoms with Crippen LogP contribution in [0.1, 0.15) is 5.76 Å². The highest BCUT2D eigenvalue weighted by Crippen LogP contribution is 2.21. The van der Waals surface area contributed by atoms with Gasteiger partial charge in [-0.05, 0) is 30.3 Å². The van der Waals surface area contributed by atoms with Crippen molar-refractivity contribution in [1.29, 1.82) is 0 Å². The molecule has 0 aliphatic carbocycles. The van der Waals surface area contributed by atoms with E-state index in [0.717, 1.165) is 11.6 Å². The quantitative estimate of drug-likeness (QED) is 0.798. The number of rotatable bonds is 3. The van der Waals surface area contributed by atoms with Crippen LogP contribution in [0.2, 0.25) is 0 Å². The molecule has 0 saturated heterocycles. The van der Waals surface area contributed by atoms with Gasteiger partial charge in [0, 0.05) is 24.0 Å². The Hall–Kier alpha value is -2.36. The number of furan rings is 1. The van der Waals surface area contributed by atoms with Gasteiger partial charge in [0.15, 0.2) is 0 Å². The third kappa shape index (κ3) is 2.36. The first kappa shape index (κ1) is 10.2. The smallest absolute Gasteiger partial charge is 0.328 e. The highest BCUT2D eigenvalue weighted by atomic mass is 16.4. The van der Waals surface area contributed by atoms with E-state index in [0.29, 0.717) is 11.5 Å². The number of carboxylic acids is 1. The molecule has 0 atom stereocenters. The predicted octanol–water partition coefficient (Wildman–Crippen LogP) is 2.44. The van der Waals surface area contributed by atoms with Gasteiger partial charge in [-0.25, -0.2) is 4.79 Å². The minimum absolute atomic E-state index is 0.501. The second-order valence-electron chi connectivity index (χ2n) is 3.12. The first-order valence-electron chi connectivity index (χ1n) is 4.67. The van der Waals surface area contributed by atoms with Crippen molar-refractivity contribution in [3.05, 3.63) is 48.5 Å². The molecule has 0 unspecified atom stereocenters. The molecule has 2 rings (SSSR count). The average molecular weight is 215 g/mol. The van der Waals surface area contributed by atoms with Crippen LogP contribution in [0.5, 0.6) is 0 Å². The molecule has 0 aromatic carbocycles. The number of aromatic nitrogens is 1. The summed E-state index contributed by atoms with van der Waals surface area (Å²) < 4.78 is 5.43. The number of pyridine rings is 1. The molecule has 0 spiro atoms. The van der Waals surface area contributed by atoms with Gasteiger partial charge in [0.25, 0.3) is 0 Å². The van der Waals surface area contributed by atoms with Crippen molar-refractivity contribution < 1.29 is 14.3 Å². The van der Waals surface area contributed by atoms with Gasteiger partial charge in [0.1, 0.15) is 11.5 Å². The van der Waals surface area contributed by atoms with Crippen LogP contribution in [0.15, 0.2) is 47.2 Å². The topological polar surface area (TPSA) is 63.3 Å². The zero-order valence-electron chi connectivity index (χ0n) is 8.33. The van der Waals surface area contributed by atoms with Crippen LogP contribution in [-0.2, 0) is 4.79 Å². The maximum absolute atomic E-state index is 10.3. The van der Waals surface area contributed by atoms with E-state index >= 15 is 0 Å². The molecule has 0 saturated carbocycles. The standard InChI is InChI=1S/C12H9NO3/c14-12(15)6-4-10-3-5-11(16-10)9-2-1-7-13-8-9/h1-8H,(H,14,15). The highest BCUT2D eigenvalue weighted by molar-refractivity contribution is 5.84. The van der Waals surface area contributed by atoms with E-state index in [-0.39, 0.29) is 0 Å². The number of hydrogen-bond donors (Lipinski definition) is 1. The van der Waals surface area contributed by atoms with Crippen LogP contribution in [0, 0.1) is 0 Å². The normalized spacial score (nSPS) is 10.8. The molecule has 1 N–H and O–H groups in total. The first-order valence-corrected chi connectivity index (χ1v) is 4.67. The van der Waals surface area contributed by atoms with Gasteiger partial charge in [0.05, 0.1) is 0 Å². The third-order valence-electron chi connectivity index (χ3n) is 1.96. The molecule has 0 radical (unpaired) electrons. The summed E-state index contributed by atoms with van der Waals surface area (Å²) in [6, 6.07) is 7.17. The molecule has 0 bridgehead atoms. The Morgan fingerprint density at radius 1 is 1.38 bits per heavy atom. The lowest BCUT2D eigenvalue weighted by Gasteiger charge is -1.93. The molecule has 0 aliphatic heterocycles. The molecule has 0 aliphatic rings. The van der Waals surface area contributed by atoms with E-state index in [4.69, 9.17) is 9.52 Å². The van der Waals surface area contributed by atoms with E-state index in [1.165, 1.54) is 6.08 Å². The van der Waals surface area contributed by atoms with Crippen LogP contribution >= 0.6 is 0 Å². The van der Waals surface area contributed by atoms with E-state index in [2.05, 4.69) is 4.98 Å². The molecule has 4 nitrogen and oxygen atoms in total. The van der Waals surface area contributed by atoms with Gasteiger partial charge in [-0.3, -0.25) is 4.98 Å². The van der Waals surface area contributed by atoms with Crippen LogP contribution in [-0.4, -0.2) is 16.1 Å². The van der Waals surface area contributed by atoms with Gasteiger partial charge >= 0.3 is 5.97 Å². The molecular formula is C12H9NO3. The summed E-state index contributed by atoms with van der Waals surface area (Å²) in [6.07, 6.45) is 5.80. The van der Waals surface area contributed by atoms with E-state index in [9.17, 15) is 4.79 Å². The SMILES string of the molecule is O=C(O)C=Cc1ccc(-c2cccnc2)o1. The average Bonchev–Trinajstić information content (AvgIpc) is 2.76. The molecule has 0 amide bonds. The van der Waals surface area contributed by atoms with Crippen LogP contribution < -0.4 is 0 Å². The van der Waals surface area contributed by atoms with Gasteiger partial charge in [0.2, 0.25) is 0 Å². The van der Waals surface area contributed by atoms with Crippen molar-refractivity contribution in [1.82, 2.24) is 4.98 Å². The van der Waals surface area contributed by atoms with Crippen molar-refractivity contribution in [2.75, 3.05) is 0 Å². The molecular weight excluding hydrogens is 206 g/mol. The second kappa shape index (κ2) is 4.44. The molecule has 0 fully saturated rings. The first-order chi connectivity index (χ1) is 7.75. The Kier molecular flexibility index (Phi) is 2.82. The molecule has 2 aromatic heterocycles. The summed E-state index contributed by atoms with van der Waals surface area (Å²) in [4.78, 5) is 14.3. The molecule has 16 heavy (non-hydrogen) atoms. The Bertz CT molecular complexity index is 514. The Morgan fingerprint density at radius 3 is 2.94 bits per heavy atom. The zero-order valence-corrected chi connectivity index (χ0v) is 8.33. The van der Waals surface area contributed by atoms with Crippen LogP contribution in [0.4, 0.5) is 0 Å². The van der Waals surface area contributed by atoms with Crippen molar-refractivity contribution in [2.24, 2.45) is 0 Å². The Morgan fingerprint density at radius 2 is 2.25 bits per heavy atom. The third-order valence-corrected chi connectivity index (χ3v) is 1.96. The van der Waals surface area contributed by atoms with E-state index < -0.39 is 5.97 Å². The van der Waals surface area contributed by atoms with E-state index in [1.54, 1.807) is 24.5 Å².